The molecule has 9 rings (SSSR count). The monoisotopic (exact) mass is 1230 g/mol. The first-order valence-corrected chi connectivity index (χ1v) is 30.3. The predicted octanol–water partition coefficient (Wildman–Crippen LogP) is 7.53. The zero-order valence-electron chi connectivity index (χ0n) is 44.7. The number of aryl methyl sites for hydroxylation is 3. The lowest BCUT2D eigenvalue weighted by Gasteiger charge is -2.20. The number of carbonyl (C=O) groups excluding carboxylic acids is 6. The Bertz CT molecular complexity index is 3840. The maximum Gasteiger partial charge on any atom is 0.373 e. The Morgan fingerprint density at radius 1 is 0.783 bits per heavy atom. The molecule has 9 aromatic rings. The Labute approximate surface area is 496 Å². The smallest absolute Gasteiger partial charge is 0.373 e. The summed E-state index contributed by atoms with van der Waals surface area (Å²) in [6, 6.07) is 12.0. The number of carboxylic acid groups (broad SMARTS) is 1. The molecule has 1 unspecified atom stereocenters. The van der Waals surface area contributed by atoms with E-state index in [1.54, 1.807) is 41.2 Å². The Morgan fingerprint density at radius 3 is 2.25 bits per heavy atom. The topological polar surface area (TPSA) is 343 Å². The van der Waals surface area contributed by atoms with E-state index in [1.165, 1.54) is 70.0 Å². The third kappa shape index (κ3) is 14.3. The number of carboxylic acids is 1. The van der Waals surface area contributed by atoms with Gasteiger partial charge in [0.1, 0.15) is 71.6 Å². The summed E-state index contributed by atoms with van der Waals surface area (Å²) >= 11 is 7.64. The molecular formula is C53H50N14O10S6. The molecule has 428 valence electrons. The van der Waals surface area contributed by atoms with E-state index in [9.17, 15) is 38.7 Å². The number of ether oxygens (including phenoxy) is 1. The Balaban J connectivity index is 0.976. The second-order valence-electron chi connectivity index (χ2n) is 18.4. The summed E-state index contributed by atoms with van der Waals surface area (Å²) in [5.41, 5.74) is 9.13. The summed E-state index contributed by atoms with van der Waals surface area (Å²) in [6.07, 6.45) is 2.95. The molecule has 83 heavy (non-hydrogen) atoms. The van der Waals surface area contributed by atoms with Crippen LogP contribution in [0.5, 0.6) is 0 Å². The van der Waals surface area contributed by atoms with Gasteiger partial charge >= 0.3 is 5.97 Å². The van der Waals surface area contributed by atoms with Crippen molar-refractivity contribution in [2.75, 3.05) is 25.6 Å². The molecule has 0 aliphatic rings. The van der Waals surface area contributed by atoms with Gasteiger partial charge in [-0.15, -0.1) is 68.0 Å². The fourth-order valence-corrected chi connectivity index (χ4v) is 13.5. The van der Waals surface area contributed by atoms with Crippen molar-refractivity contribution in [1.82, 2.24) is 61.1 Å². The summed E-state index contributed by atoms with van der Waals surface area (Å²) in [7, 11) is 2.93. The minimum atomic E-state index is -1.30. The van der Waals surface area contributed by atoms with Crippen molar-refractivity contribution in [1.29, 1.82) is 0 Å². The SMILES string of the molecule is CNC(=O)C[C@H](NC(=O)c1csc(-c2ccc(-c3nc(N(C=O)Cc4ncc(C(=O)O)o4)cs3)nc2-c2csc(-c3csc(CCc4ccccc4)n3)n2)n1)c1nc(C(=O)NC(c2nc(C(=O)NCC(N)=O)c(COC)s2)C(C)C)c(C)s1. The second kappa shape index (κ2) is 26.7. The van der Waals surface area contributed by atoms with Gasteiger partial charge in [-0.3, -0.25) is 33.7 Å². The average Bonchev–Trinajstić information content (AvgIpc) is 3.68. The molecule has 0 saturated carbocycles. The highest BCUT2D eigenvalue weighted by molar-refractivity contribution is 7.15. The fraction of sp³-hybridized carbons (Fsp3) is 0.264. The molecule has 2 atom stereocenters. The lowest BCUT2D eigenvalue weighted by Crippen LogP contribution is -2.34. The van der Waals surface area contributed by atoms with E-state index >= 15 is 0 Å². The van der Waals surface area contributed by atoms with Crippen LogP contribution < -0.4 is 31.9 Å². The number of aromatic nitrogens is 8. The molecule has 0 aliphatic heterocycles. The minimum Gasteiger partial charge on any atom is -0.475 e. The molecule has 30 heteroatoms. The van der Waals surface area contributed by atoms with E-state index in [-0.39, 0.29) is 65.0 Å². The minimum absolute atomic E-state index is 0.00409. The van der Waals surface area contributed by atoms with E-state index < -0.39 is 54.1 Å². The van der Waals surface area contributed by atoms with E-state index in [1.807, 2.05) is 42.8 Å². The standard InChI is InChI=1S/C53H50N14O10S6/c1-25(2)41(52-66-44(35(83-52)19-76-5)46(72)57-17-36(54)69)64-47(73)42-26(3)82-51(65-42)30(15-38(70)55-4)60-45(71)32-21-79-48(62-32)28-12-13-29(49-63-37(23-81-49)67(24-68)18-39-56-16-34(77-39)53(74)75)59-43(28)31-20-80-50(61-31)33-22-78-40(58-33)14-11-27-9-7-6-8-10-27/h6-10,12-13,16,20-25,30,41H,11,14-15,17-19H2,1-5H3,(H2,54,69)(H,55,70)(H,57,72)(H,60,71)(H,64,73)(H,74,75)/t30-,41?/m0/s1. The molecule has 0 fully saturated rings. The number of amides is 6. The van der Waals surface area contributed by atoms with Crippen LogP contribution in [0.25, 0.3) is 43.4 Å². The highest BCUT2D eigenvalue weighted by Gasteiger charge is 2.31. The highest BCUT2D eigenvalue weighted by atomic mass is 32.1. The molecule has 8 heterocycles. The lowest BCUT2D eigenvalue weighted by atomic mass is 10.0. The first-order chi connectivity index (χ1) is 40.0. The first kappa shape index (κ1) is 59.2. The van der Waals surface area contributed by atoms with Crippen molar-refractivity contribution in [2.45, 2.75) is 65.3 Å². The molecule has 0 radical (unpaired) electrons. The maximum atomic E-state index is 14.3. The number of thiazole rings is 6. The highest BCUT2D eigenvalue weighted by Crippen LogP contribution is 2.39. The first-order valence-electron chi connectivity index (χ1n) is 25.1. The number of nitrogens with zero attached hydrogens (tertiary/aromatic N) is 9. The van der Waals surface area contributed by atoms with Crippen LogP contribution in [0.1, 0.15) is 111 Å². The van der Waals surface area contributed by atoms with Gasteiger partial charge in [0.25, 0.3) is 17.7 Å². The van der Waals surface area contributed by atoms with Crippen LogP contribution in [0, 0.1) is 12.8 Å². The van der Waals surface area contributed by atoms with Gasteiger partial charge < -0.3 is 41.3 Å². The lowest BCUT2D eigenvalue weighted by molar-refractivity contribution is -0.121. The molecule has 0 spiro atoms. The van der Waals surface area contributed by atoms with Crippen LogP contribution in [-0.4, -0.2) is 108 Å². The number of benzene rings is 1. The van der Waals surface area contributed by atoms with Crippen LogP contribution in [0.2, 0.25) is 0 Å². The Hall–Kier alpha value is -8.39. The second-order valence-corrected chi connectivity index (χ2v) is 24.3. The van der Waals surface area contributed by atoms with Crippen LogP contribution >= 0.6 is 68.0 Å². The number of oxazole rings is 1. The van der Waals surface area contributed by atoms with E-state index in [0.717, 1.165) is 35.4 Å². The molecule has 1 aromatic carbocycles. The van der Waals surface area contributed by atoms with Gasteiger partial charge in [0.2, 0.25) is 29.9 Å². The Morgan fingerprint density at radius 2 is 1.53 bits per heavy atom. The fourth-order valence-electron chi connectivity index (χ4n) is 8.06. The zero-order chi connectivity index (χ0) is 58.9. The molecule has 8 aromatic heterocycles. The number of aromatic carboxylic acids is 1. The van der Waals surface area contributed by atoms with Crippen LogP contribution in [-0.2, 0) is 45.1 Å². The number of nitrogens with one attached hydrogen (secondary N) is 4. The van der Waals surface area contributed by atoms with E-state index in [0.29, 0.717) is 64.5 Å². The maximum absolute atomic E-state index is 14.3. The van der Waals surface area contributed by atoms with Crippen molar-refractivity contribution >= 4 is 116 Å². The van der Waals surface area contributed by atoms with Crippen LogP contribution in [0.15, 0.2) is 74.6 Å². The van der Waals surface area contributed by atoms with E-state index in [2.05, 4.69) is 53.3 Å². The summed E-state index contributed by atoms with van der Waals surface area (Å²) in [4.78, 5) is 129. The van der Waals surface area contributed by atoms with Gasteiger partial charge in [0.15, 0.2) is 0 Å². The number of methoxy groups -OCH3 is 1. The van der Waals surface area contributed by atoms with Gasteiger partial charge in [-0.1, -0.05) is 44.2 Å². The number of hydrogen-bond donors (Lipinski definition) is 6. The largest absolute Gasteiger partial charge is 0.475 e. The van der Waals surface area contributed by atoms with Crippen molar-refractivity contribution in [2.24, 2.45) is 11.7 Å². The molecule has 24 nitrogen and oxygen atoms in total. The zero-order valence-corrected chi connectivity index (χ0v) is 49.6. The van der Waals surface area contributed by atoms with E-state index in [4.69, 9.17) is 34.8 Å². The summed E-state index contributed by atoms with van der Waals surface area (Å²) in [5.74, 6) is -4.60. The molecular weight excluding hydrogens is 1190 g/mol. The van der Waals surface area contributed by atoms with Crippen molar-refractivity contribution < 1.29 is 47.8 Å². The third-order valence-electron chi connectivity index (χ3n) is 12.2. The van der Waals surface area contributed by atoms with Crippen molar-refractivity contribution in [3.63, 3.8) is 0 Å². The summed E-state index contributed by atoms with van der Waals surface area (Å²) < 4.78 is 10.6. The van der Waals surface area contributed by atoms with Crippen molar-refractivity contribution in [3.8, 4) is 43.4 Å². The number of carbonyl (C=O) groups is 7. The number of pyridine rings is 1. The normalized spacial score (nSPS) is 12.0. The number of anilines is 1. The number of nitrogens with two attached hydrogens (primary N) is 1. The van der Waals surface area contributed by atoms with Gasteiger partial charge in [0.05, 0.1) is 53.4 Å². The predicted molar refractivity (Wildman–Crippen MR) is 313 cm³/mol. The van der Waals surface area contributed by atoms with Gasteiger partial charge in [-0.2, -0.15) is 0 Å². The molecule has 0 aliphatic carbocycles. The van der Waals surface area contributed by atoms with Gasteiger partial charge in [-0.25, -0.2) is 44.7 Å². The summed E-state index contributed by atoms with van der Waals surface area (Å²) in [5, 5.41) is 30.5. The number of primary amides is 1. The molecule has 6 amide bonds. The molecule has 7 N–H and O–H groups in total. The quantitative estimate of drug-likeness (QED) is 0.0285. The third-order valence-corrected chi connectivity index (χ3v) is 17.9. The number of hydrogen-bond acceptors (Lipinski definition) is 23. The summed E-state index contributed by atoms with van der Waals surface area (Å²) in [6.45, 7) is 4.91. The average molecular weight is 1240 g/mol. The van der Waals surface area contributed by atoms with Crippen molar-refractivity contribution in [3.05, 3.63) is 129 Å². The van der Waals surface area contributed by atoms with Gasteiger partial charge in [-0.05, 0) is 37.0 Å². The molecule has 0 saturated heterocycles. The number of rotatable bonds is 26. The Kier molecular flexibility index (Phi) is 19.0. The van der Waals surface area contributed by atoms with Crippen LogP contribution in [0.3, 0.4) is 0 Å². The molecule has 0 bridgehead atoms. The van der Waals surface area contributed by atoms with Gasteiger partial charge in [0, 0.05) is 52.5 Å². The van der Waals surface area contributed by atoms with Crippen LogP contribution in [0.4, 0.5) is 5.82 Å².